The van der Waals surface area contributed by atoms with Crippen molar-refractivity contribution in [2.24, 2.45) is 0 Å². The Bertz CT molecular complexity index is 1340. The van der Waals surface area contributed by atoms with Crippen LogP contribution >= 0.6 is 0 Å². The monoisotopic (exact) mass is 479 g/mol. The number of β-amino-alcohol motifs (C(OH)–C–C–N with tert-alkyl or cyclic N) is 1. The summed E-state index contributed by atoms with van der Waals surface area (Å²) in [7, 11) is 0. The number of rotatable bonds is 6. The molecule has 35 heavy (non-hydrogen) atoms. The summed E-state index contributed by atoms with van der Waals surface area (Å²) < 4.78 is 50.1. The van der Waals surface area contributed by atoms with E-state index in [-0.39, 0.29) is 5.56 Å². The van der Waals surface area contributed by atoms with E-state index in [4.69, 9.17) is 4.74 Å². The Hall–Kier alpha value is -3.78. The molecule has 1 aliphatic heterocycles. The number of alkyl halides is 3. The molecule has 1 atom stereocenters. The maximum absolute atomic E-state index is 14.3. The van der Waals surface area contributed by atoms with Gasteiger partial charge in [0.15, 0.2) is 0 Å². The van der Waals surface area contributed by atoms with Gasteiger partial charge in [-0.3, -0.25) is 0 Å². The van der Waals surface area contributed by atoms with Crippen molar-refractivity contribution in [3.8, 4) is 5.69 Å². The minimum atomic E-state index is -4.91. The van der Waals surface area contributed by atoms with Gasteiger partial charge in [0.1, 0.15) is 12.0 Å². The molecule has 2 aliphatic rings. The van der Waals surface area contributed by atoms with Gasteiger partial charge in [0, 0.05) is 24.2 Å². The van der Waals surface area contributed by atoms with Gasteiger partial charge in [-0.25, -0.2) is 4.68 Å². The zero-order valence-electron chi connectivity index (χ0n) is 18.8. The van der Waals surface area contributed by atoms with E-state index in [1.54, 1.807) is 10.7 Å². The van der Waals surface area contributed by atoms with Gasteiger partial charge in [0.2, 0.25) is 5.60 Å². The number of benzene rings is 2. The fourth-order valence-electron chi connectivity index (χ4n) is 4.34. The maximum Gasteiger partial charge on any atom is 0.423 e. The van der Waals surface area contributed by atoms with Crippen molar-refractivity contribution >= 4 is 10.9 Å². The molecular formula is C27H24F3N3O2. The van der Waals surface area contributed by atoms with Crippen LogP contribution < -0.4 is 0 Å². The highest BCUT2D eigenvalue weighted by atomic mass is 19.4. The Kier molecular flexibility index (Phi) is 5.98. The van der Waals surface area contributed by atoms with E-state index in [2.05, 4.69) is 11.2 Å². The van der Waals surface area contributed by atoms with Gasteiger partial charge in [0.05, 0.1) is 23.9 Å². The lowest BCUT2D eigenvalue weighted by Gasteiger charge is -2.35. The van der Waals surface area contributed by atoms with Crippen LogP contribution in [0.3, 0.4) is 0 Å². The van der Waals surface area contributed by atoms with Gasteiger partial charge in [-0.15, -0.1) is 0 Å². The molecule has 1 aliphatic carbocycles. The third kappa shape index (κ3) is 4.61. The summed E-state index contributed by atoms with van der Waals surface area (Å²) in [5.74, 6) is 0.526. The molecule has 0 amide bonds. The molecule has 180 valence electrons. The topological polar surface area (TPSA) is 50.5 Å². The summed E-state index contributed by atoms with van der Waals surface area (Å²) in [6, 6.07) is 13.5. The summed E-state index contributed by atoms with van der Waals surface area (Å²) in [6.45, 7) is -0.711. The molecule has 2 heterocycles. The van der Waals surface area contributed by atoms with Gasteiger partial charge >= 0.3 is 6.18 Å². The highest BCUT2D eigenvalue weighted by Gasteiger charge is 2.55. The van der Waals surface area contributed by atoms with Crippen molar-refractivity contribution < 1.29 is 23.0 Å². The lowest BCUT2D eigenvalue weighted by atomic mass is 9.91. The van der Waals surface area contributed by atoms with Crippen molar-refractivity contribution in [1.29, 1.82) is 0 Å². The van der Waals surface area contributed by atoms with Crippen LogP contribution in [0.25, 0.3) is 16.6 Å². The average molecular weight is 480 g/mol. The molecule has 1 aromatic heterocycles. The van der Waals surface area contributed by atoms with Crippen LogP contribution in [0, 0.1) is 0 Å². The third-order valence-corrected chi connectivity index (χ3v) is 6.21. The van der Waals surface area contributed by atoms with Crippen LogP contribution in [0.5, 0.6) is 0 Å². The van der Waals surface area contributed by atoms with Crippen LogP contribution in [-0.4, -0.2) is 32.5 Å². The quantitative estimate of drug-likeness (QED) is 0.465. The Morgan fingerprint density at radius 2 is 1.91 bits per heavy atom. The fraction of sp³-hybridized carbons (Fsp3) is 0.222. The molecule has 0 fully saturated rings. The summed E-state index contributed by atoms with van der Waals surface area (Å²) in [6.07, 6.45) is 9.17. The minimum Gasteiger partial charge on any atom is -0.466 e. The number of ether oxygens (including phenoxy) is 1. The molecule has 0 saturated carbocycles. The Balaban J connectivity index is 1.44. The normalized spacial score (nSPS) is 17.7. The maximum atomic E-state index is 14.3. The van der Waals surface area contributed by atoms with Gasteiger partial charge < -0.3 is 14.7 Å². The van der Waals surface area contributed by atoms with E-state index < -0.39 is 18.3 Å². The van der Waals surface area contributed by atoms with E-state index in [1.807, 2.05) is 42.5 Å². The first-order chi connectivity index (χ1) is 16.8. The number of fused-ring (bicyclic) bond motifs is 1. The Morgan fingerprint density at radius 1 is 1.09 bits per heavy atom. The number of aromatic nitrogens is 2. The molecule has 0 radical (unpaired) electrons. The first-order valence-corrected chi connectivity index (χ1v) is 11.3. The molecule has 8 heteroatoms. The van der Waals surface area contributed by atoms with E-state index >= 15 is 0 Å². The van der Waals surface area contributed by atoms with Gasteiger partial charge in [-0.2, -0.15) is 18.3 Å². The van der Waals surface area contributed by atoms with Crippen molar-refractivity contribution in [3.05, 3.63) is 109 Å². The van der Waals surface area contributed by atoms with E-state index in [0.717, 1.165) is 24.1 Å². The zero-order valence-corrected chi connectivity index (χ0v) is 18.8. The van der Waals surface area contributed by atoms with Gasteiger partial charge in [-0.1, -0.05) is 48.1 Å². The number of para-hydroxylation sites is 1. The van der Waals surface area contributed by atoms with Crippen LogP contribution in [0.15, 0.2) is 103 Å². The molecule has 0 saturated heterocycles. The van der Waals surface area contributed by atoms with Gasteiger partial charge in [0.25, 0.3) is 0 Å². The molecular weight excluding hydrogens is 455 g/mol. The van der Waals surface area contributed by atoms with Crippen molar-refractivity contribution in [2.75, 3.05) is 6.54 Å². The van der Waals surface area contributed by atoms with Crippen molar-refractivity contribution in [3.63, 3.8) is 0 Å². The second-order valence-corrected chi connectivity index (χ2v) is 8.66. The first-order valence-electron chi connectivity index (χ1n) is 11.3. The third-order valence-electron chi connectivity index (χ3n) is 6.21. The smallest absolute Gasteiger partial charge is 0.423 e. The number of halogens is 3. The van der Waals surface area contributed by atoms with E-state index in [9.17, 15) is 18.3 Å². The highest BCUT2D eigenvalue weighted by molar-refractivity contribution is 5.81. The second kappa shape index (κ2) is 9.11. The number of allylic oxidation sites excluding steroid dienone is 4. The number of aliphatic hydroxyl groups is 1. The van der Waals surface area contributed by atoms with E-state index in [0.29, 0.717) is 23.1 Å². The molecule has 1 N–H and O–H groups in total. The van der Waals surface area contributed by atoms with Crippen LogP contribution in [0.2, 0.25) is 0 Å². The lowest BCUT2D eigenvalue weighted by Crippen LogP contribution is -2.49. The Labute approximate surface area is 200 Å². The predicted octanol–water partition coefficient (Wildman–Crippen LogP) is 6.09. The van der Waals surface area contributed by atoms with Gasteiger partial charge in [-0.05, 0) is 42.7 Å². The first kappa shape index (κ1) is 23.0. The summed E-state index contributed by atoms with van der Waals surface area (Å²) >= 11 is 0. The molecule has 3 aromatic rings. The fourth-order valence-corrected chi connectivity index (χ4v) is 4.34. The van der Waals surface area contributed by atoms with Crippen molar-refractivity contribution in [2.45, 2.75) is 31.0 Å². The summed E-state index contributed by atoms with van der Waals surface area (Å²) in [5, 5.41) is 15.9. The van der Waals surface area contributed by atoms with E-state index in [1.165, 1.54) is 41.9 Å². The number of nitrogens with zero attached hydrogens (tertiary/aromatic N) is 3. The van der Waals surface area contributed by atoms with Crippen LogP contribution in [0.1, 0.15) is 24.8 Å². The van der Waals surface area contributed by atoms with Crippen LogP contribution in [-0.2, 0) is 10.3 Å². The SMILES string of the molecule is OC(CN1C=COC(CC2=CC=CCC2)=C1)(c1ccc2c(cnn2-c2ccccc2)c1)C(F)(F)F. The Morgan fingerprint density at radius 3 is 2.66 bits per heavy atom. The molecule has 5 rings (SSSR count). The average Bonchev–Trinajstić information content (AvgIpc) is 3.28. The number of hydrogen-bond donors (Lipinski definition) is 1. The lowest BCUT2D eigenvalue weighted by molar-refractivity contribution is -0.268. The molecule has 1 unspecified atom stereocenters. The minimum absolute atomic E-state index is 0.250. The molecule has 2 aromatic carbocycles. The second-order valence-electron chi connectivity index (χ2n) is 8.66. The summed E-state index contributed by atoms with van der Waals surface area (Å²) in [5.41, 5.74) is -0.776. The number of hydrogen-bond acceptors (Lipinski definition) is 4. The molecule has 0 bridgehead atoms. The standard InChI is InChI=1S/C27H24F3N3O2/c28-27(29,30)26(34,19-32-13-14-35-24(18-32)15-20-7-3-1-4-8-20)22-11-12-25-21(16-22)17-31-33(25)23-9-5-2-6-10-23/h1-3,5-7,9-14,16-18,34H,4,8,15,19H2. The largest absolute Gasteiger partial charge is 0.466 e. The molecule has 5 nitrogen and oxygen atoms in total. The molecule has 0 spiro atoms. The zero-order chi connectivity index (χ0) is 24.5. The predicted molar refractivity (Wildman–Crippen MR) is 127 cm³/mol. The highest BCUT2D eigenvalue weighted by Crippen LogP contribution is 2.41. The van der Waals surface area contributed by atoms with Crippen molar-refractivity contribution in [1.82, 2.24) is 14.7 Å². The summed E-state index contributed by atoms with van der Waals surface area (Å²) in [4.78, 5) is 1.32. The van der Waals surface area contributed by atoms with Crippen LogP contribution in [0.4, 0.5) is 13.2 Å².